The van der Waals surface area contributed by atoms with Crippen LogP contribution < -0.4 is 5.32 Å². The van der Waals surface area contributed by atoms with Crippen LogP contribution >= 0.6 is 0 Å². The number of carbonyl (C=O) groups is 1. The molecule has 0 aromatic heterocycles. The van der Waals surface area contributed by atoms with Gasteiger partial charge in [-0.2, -0.15) is 0 Å². The molecule has 0 saturated carbocycles. The first-order valence-corrected chi connectivity index (χ1v) is 8.81. The van der Waals surface area contributed by atoms with Crippen LogP contribution in [0.15, 0.2) is 24.3 Å². The van der Waals surface area contributed by atoms with Gasteiger partial charge in [-0.05, 0) is 36.4 Å². The van der Waals surface area contributed by atoms with Crippen LogP contribution in [0.2, 0.25) is 0 Å². The number of rotatable bonds is 8. The normalized spacial score (nSPS) is 15.8. The van der Waals surface area contributed by atoms with Crippen molar-refractivity contribution in [2.24, 2.45) is 0 Å². The first-order valence-electron chi connectivity index (χ1n) is 8.81. The maximum atomic E-state index is 11.9. The predicted molar refractivity (Wildman–Crippen MR) is 93.7 cm³/mol. The zero-order chi connectivity index (χ0) is 16.5. The van der Waals surface area contributed by atoms with Crippen LogP contribution in [0, 0.1) is 0 Å². The van der Waals surface area contributed by atoms with E-state index in [2.05, 4.69) is 48.3 Å². The number of hydrogen-bond donors (Lipinski definition) is 1. The first-order chi connectivity index (χ1) is 11.1. The number of nitrogens with one attached hydrogen (secondary N) is 1. The molecular weight excluding hydrogens is 288 g/mol. The van der Waals surface area contributed by atoms with Gasteiger partial charge in [0.2, 0.25) is 5.91 Å². The summed E-state index contributed by atoms with van der Waals surface area (Å²) >= 11 is 0. The van der Waals surface area contributed by atoms with Crippen LogP contribution in [0.3, 0.4) is 0 Å². The number of nitrogens with zero attached hydrogens (tertiary/aromatic N) is 1. The highest BCUT2D eigenvalue weighted by Crippen LogP contribution is 2.15. The van der Waals surface area contributed by atoms with E-state index in [1.54, 1.807) is 0 Å². The van der Waals surface area contributed by atoms with Gasteiger partial charge >= 0.3 is 0 Å². The molecule has 0 bridgehead atoms. The number of carbonyl (C=O) groups excluding carboxylic acids is 1. The SMILES string of the molecule is CC(C)c1ccc(CCC(=O)NCCCN2CCOCC2)cc1. The van der Waals surface area contributed by atoms with Gasteiger partial charge in [0.15, 0.2) is 0 Å². The van der Waals surface area contributed by atoms with Gasteiger partial charge in [-0.3, -0.25) is 9.69 Å². The fourth-order valence-electron chi connectivity index (χ4n) is 2.77. The van der Waals surface area contributed by atoms with Gasteiger partial charge in [0.25, 0.3) is 0 Å². The predicted octanol–water partition coefficient (Wildman–Crippen LogP) is 2.58. The number of ether oxygens (including phenoxy) is 1. The van der Waals surface area contributed by atoms with Crippen LogP contribution in [0.25, 0.3) is 0 Å². The summed E-state index contributed by atoms with van der Waals surface area (Å²) in [5.41, 5.74) is 2.58. The fourth-order valence-corrected chi connectivity index (χ4v) is 2.77. The number of benzene rings is 1. The molecule has 0 aliphatic carbocycles. The van der Waals surface area contributed by atoms with Crippen molar-refractivity contribution in [3.05, 3.63) is 35.4 Å². The van der Waals surface area contributed by atoms with Crippen molar-refractivity contribution in [3.8, 4) is 0 Å². The molecule has 1 fully saturated rings. The molecule has 0 atom stereocenters. The highest BCUT2D eigenvalue weighted by molar-refractivity contribution is 5.76. The lowest BCUT2D eigenvalue weighted by Gasteiger charge is -2.26. The van der Waals surface area contributed by atoms with E-state index in [4.69, 9.17) is 4.74 Å². The quantitative estimate of drug-likeness (QED) is 0.749. The Hall–Kier alpha value is -1.39. The number of aryl methyl sites for hydroxylation is 1. The Morgan fingerprint density at radius 3 is 2.57 bits per heavy atom. The molecule has 1 aliphatic heterocycles. The van der Waals surface area contributed by atoms with Crippen LogP contribution in [0.5, 0.6) is 0 Å². The van der Waals surface area contributed by atoms with Gasteiger partial charge in [-0.15, -0.1) is 0 Å². The molecule has 1 amide bonds. The summed E-state index contributed by atoms with van der Waals surface area (Å²) in [4.78, 5) is 14.3. The Morgan fingerprint density at radius 1 is 1.22 bits per heavy atom. The van der Waals surface area contributed by atoms with E-state index in [0.717, 1.165) is 52.2 Å². The van der Waals surface area contributed by atoms with Gasteiger partial charge in [0.1, 0.15) is 0 Å². The topological polar surface area (TPSA) is 41.6 Å². The molecule has 1 aromatic carbocycles. The summed E-state index contributed by atoms with van der Waals surface area (Å²) < 4.78 is 5.33. The van der Waals surface area contributed by atoms with Crippen molar-refractivity contribution in [3.63, 3.8) is 0 Å². The molecule has 1 aliphatic rings. The minimum Gasteiger partial charge on any atom is -0.379 e. The number of morpholine rings is 1. The molecule has 1 aromatic rings. The molecule has 1 saturated heterocycles. The van der Waals surface area contributed by atoms with Crippen molar-refractivity contribution in [2.45, 2.75) is 39.0 Å². The van der Waals surface area contributed by atoms with Crippen molar-refractivity contribution in [2.75, 3.05) is 39.4 Å². The third kappa shape index (κ3) is 6.71. The third-order valence-corrected chi connectivity index (χ3v) is 4.36. The maximum Gasteiger partial charge on any atom is 0.220 e. The first kappa shape index (κ1) is 18.0. The molecule has 1 N–H and O–H groups in total. The highest BCUT2D eigenvalue weighted by atomic mass is 16.5. The summed E-state index contributed by atoms with van der Waals surface area (Å²) in [6.45, 7) is 9.89. The number of hydrogen-bond acceptors (Lipinski definition) is 3. The molecule has 4 nitrogen and oxygen atoms in total. The van der Waals surface area contributed by atoms with Crippen molar-refractivity contribution >= 4 is 5.91 Å². The standard InChI is InChI=1S/C19H30N2O2/c1-16(2)18-7-4-17(5-8-18)6-9-19(22)20-10-3-11-21-12-14-23-15-13-21/h4-5,7-8,16H,3,6,9-15H2,1-2H3,(H,20,22). The monoisotopic (exact) mass is 318 g/mol. The van der Waals surface area contributed by atoms with E-state index in [9.17, 15) is 4.79 Å². The van der Waals surface area contributed by atoms with Crippen molar-refractivity contribution < 1.29 is 9.53 Å². The summed E-state index contributed by atoms with van der Waals surface area (Å²) in [7, 11) is 0. The van der Waals surface area contributed by atoms with Crippen LogP contribution in [-0.4, -0.2) is 50.2 Å². The summed E-state index contributed by atoms with van der Waals surface area (Å²) in [6.07, 6.45) is 2.39. The van der Waals surface area contributed by atoms with E-state index in [1.807, 2.05) is 0 Å². The largest absolute Gasteiger partial charge is 0.379 e. The van der Waals surface area contributed by atoms with E-state index in [1.165, 1.54) is 11.1 Å². The fraction of sp³-hybridized carbons (Fsp3) is 0.632. The van der Waals surface area contributed by atoms with Gasteiger partial charge < -0.3 is 10.1 Å². The van der Waals surface area contributed by atoms with Crippen LogP contribution in [0.4, 0.5) is 0 Å². The van der Waals surface area contributed by atoms with Crippen molar-refractivity contribution in [1.82, 2.24) is 10.2 Å². The zero-order valence-corrected chi connectivity index (χ0v) is 14.5. The second-order valence-electron chi connectivity index (χ2n) is 6.55. The lowest BCUT2D eigenvalue weighted by atomic mass is 10.0. The molecule has 4 heteroatoms. The third-order valence-electron chi connectivity index (χ3n) is 4.36. The Labute approximate surface area is 140 Å². The Kier molecular flexibility index (Phi) is 7.56. The summed E-state index contributed by atoms with van der Waals surface area (Å²) in [5.74, 6) is 0.707. The molecule has 2 rings (SSSR count). The lowest BCUT2D eigenvalue weighted by molar-refractivity contribution is -0.121. The van der Waals surface area contributed by atoms with Gasteiger partial charge in [0, 0.05) is 26.1 Å². The minimum absolute atomic E-state index is 0.153. The average molecular weight is 318 g/mol. The Morgan fingerprint density at radius 2 is 1.91 bits per heavy atom. The second-order valence-corrected chi connectivity index (χ2v) is 6.55. The molecule has 1 heterocycles. The van der Waals surface area contributed by atoms with Gasteiger partial charge in [-0.25, -0.2) is 0 Å². The van der Waals surface area contributed by atoms with E-state index >= 15 is 0 Å². The van der Waals surface area contributed by atoms with E-state index in [-0.39, 0.29) is 5.91 Å². The van der Waals surface area contributed by atoms with Crippen molar-refractivity contribution in [1.29, 1.82) is 0 Å². The zero-order valence-electron chi connectivity index (χ0n) is 14.5. The van der Waals surface area contributed by atoms with E-state index < -0.39 is 0 Å². The summed E-state index contributed by atoms with van der Waals surface area (Å²) in [6, 6.07) is 8.61. The average Bonchev–Trinajstić information content (AvgIpc) is 2.58. The molecule has 0 radical (unpaired) electrons. The Bertz CT molecular complexity index is 465. The van der Waals surface area contributed by atoms with Crippen LogP contribution in [0.1, 0.15) is 43.7 Å². The second kappa shape index (κ2) is 9.68. The highest BCUT2D eigenvalue weighted by Gasteiger charge is 2.09. The lowest BCUT2D eigenvalue weighted by Crippen LogP contribution is -2.38. The summed E-state index contributed by atoms with van der Waals surface area (Å²) in [5, 5.41) is 3.03. The minimum atomic E-state index is 0.153. The smallest absolute Gasteiger partial charge is 0.220 e. The molecule has 128 valence electrons. The molecular formula is C19H30N2O2. The Balaban J connectivity index is 1.57. The number of amides is 1. The molecule has 0 unspecified atom stereocenters. The maximum absolute atomic E-state index is 11.9. The van der Waals surface area contributed by atoms with Gasteiger partial charge in [0.05, 0.1) is 13.2 Å². The molecule has 0 spiro atoms. The van der Waals surface area contributed by atoms with Crippen LogP contribution in [-0.2, 0) is 16.0 Å². The van der Waals surface area contributed by atoms with Gasteiger partial charge in [-0.1, -0.05) is 38.1 Å². The van der Waals surface area contributed by atoms with E-state index in [0.29, 0.717) is 12.3 Å². The molecule has 23 heavy (non-hydrogen) atoms.